The predicted octanol–water partition coefficient (Wildman–Crippen LogP) is -0.755. The molecule has 5 nitrogen and oxygen atoms in total. The number of hydrogen-bond acceptors (Lipinski definition) is 5. The molecule has 0 saturated carbocycles. The average Bonchev–Trinajstić information content (AvgIpc) is 2.56. The van der Waals surface area contributed by atoms with Crippen molar-refractivity contribution >= 4 is 0 Å². The summed E-state index contributed by atoms with van der Waals surface area (Å²) in [4.78, 5) is 2.38. The standard InChI is InChI=1S/C11H24N4O/c1-10-7-11(8-12,9-14(10)2)13-15-3-5-16-6-4-15/h10,13H,3-9,12H2,1-2H3. The van der Waals surface area contributed by atoms with E-state index >= 15 is 0 Å². The zero-order chi connectivity index (χ0) is 11.6. The molecule has 3 N–H and O–H groups in total. The monoisotopic (exact) mass is 228 g/mol. The van der Waals surface area contributed by atoms with E-state index in [0.29, 0.717) is 12.6 Å². The normalized spacial score (nSPS) is 38.1. The Kier molecular flexibility index (Phi) is 3.81. The quantitative estimate of drug-likeness (QED) is 0.665. The molecule has 0 spiro atoms. The first-order valence-corrected chi connectivity index (χ1v) is 6.16. The van der Waals surface area contributed by atoms with E-state index in [1.54, 1.807) is 0 Å². The van der Waals surface area contributed by atoms with Crippen molar-refractivity contribution in [1.29, 1.82) is 0 Å². The molecule has 0 aromatic rings. The molecule has 0 radical (unpaired) electrons. The van der Waals surface area contributed by atoms with E-state index in [1.165, 1.54) is 0 Å². The van der Waals surface area contributed by atoms with E-state index < -0.39 is 0 Å². The number of likely N-dealkylation sites (N-methyl/N-ethyl adjacent to an activating group) is 1. The highest BCUT2D eigenvalue weighted by Gasteiger charge is 2.40. The number of ether oxygens (including phenoxy) is 1. The van der Waals surface area contributed by atoms with Gasteiger partial charge >= 0.3 is 0 Å². The maximum Gasteiger partial charge on any atom is 0.0608 e. The maximum atomic E-state index is 5.96. The van der Waals surface area contributed by atoms with Crippen LogP contribution in [0.1, 0.15) is 13.3 Å². The lowest BCUT2D eigenvalue weighted by Crippen LogP contribution is -2.61. The van der Waals surface area contributed by atoms with Gasteiger partial charge in [0.15, 0.2) is 0 Å². The Labute approximate surface area is 97.9 Å². The van der Waals surface area contributed by atoms with Gasteiger partial charge in [0.2, 0.25) is 0 Å². The average molecular weight is 228 g/mol. The largest absolute Gasteiger partial charge is 0.379 e. The lowest BCUT2D eigenvalue weighted by Gasteiger charge is -2.37. The van der Waals surface area contributed by atoms with E-state index in [1.807, 2.05) is 0 Å². The molecule has 0 aliphatic carbocycles. The van der Waals surface area contributed by atoms with Crippen molar-refractivity contribution in [2.45, 2.75) is 24.9 Å². The molecule has 94 valence electrons. The van der Waals surface area contributed by atoms with Crippen molar-refractivity contribution in [3.05, 3.63) is 0 Å². The van der Waals surface area contributed by atoms with Crippen LogP contribution in [0.3, 0.4) is 0 Å². The molecule has 2 saturated heterocycles. The fourth-order valence-corrected chi connectivity index (χ4v) is 2.70. The van der Waals surface area contributed by atoms with E-state index in [4.69, 9.17) is 10.5 Å². The van der Waals surface area contributed by atoms with Crippen LogP contribution in [0.2, 0.25) is 0 Å². The number of nitrogens with one attached hydrogen (secondary N) is 1. The van der Waals surface area contributed by atoms with Crippen molar-refractivity contribution in [3.8, 4) is 0 Å². The summed E-state index contributed by atoms with van der Waals surface area (Å²) in [5, 5.41) is 2.27. The van der Waals surface area contributed by atoms with Crippen LogP contribution in [0.4, 0.5) is 0 Å². The number of morpholine rings is 1. The molecule has 0 amide bonds. The fourth-order valence-electron chi connectivity index (χ4n) is 2.70. The molecule has 0 aromatic heterocycles. The fraction of sp³-hybridized carbons (Fsp3) is 1.00. The first-order chi connectivity index (χ1) is 7.65. The molecule has 16 heavy (non-hydrogen) atoms. The molecular formula is C11H24N4O. The Morgan fingerprint density at radius 2 is 2.12 bits per heavy atom. The minimum Gasteiger partial charge on any atom is -0.379 e. The number of nitrogens with zero attached hydrogens (tertiary/aromatic N) is 2. The van der Waals surface area contributed by atoms with E-state index in [9.17, 15) is 0 Å². The van der Waals surface area contributed by atoms with Crippen LogP contribution < -0.4 is 11.2 Å². The summed E-state index contributed by atoms with van der Waals surface area (Å²) >= 11 is 0. The number of hydrogen-bond donors (Lipinski definition) is 2. The Hall–Kier alpha value is -0.200. The van der Waals surface area contributed by atoms with Gasteiger partial charge in [0.05, 0.1) is 18.8 Å². The Balaban J connectivity index is 1.94. The van der Waals surface area contributed by atoms with Gasteiger partial charge in [0.1, 0.15) is 0 Å². The summed E-state index contributed by atoms with van der Waals surface area (Å²) in [5.41, 5.74) is 9.65. The lowest BCUT2D eigenvalue weighted by atomic mass is 9.97. The first-order valence-electron chi connectivity index (χ1n) is 6.16. The third-order valence-corrected chi connectivity index (χ3v) is 3.79. The van der Waals surface area contributed by atoms with Crippen LogP contribution in [-0.4, -0.2) is 67.9 Å². The van der Waals surface area contributed by atoms with Gasteiger partial charge < -0.3 is 15.4 Å². The SMILES string of the molecule is CC1CC(CN)(NN2CCOCC2)CN1C. The van der Waals surface area contributed by atoms with Gasteiger partial charge in [-0.25, -0.2) is 10.4 Å². The van der Waals surface area contributed by atoms with Crippen molar-refractivity contribution in [2.24, 2.45) is 5.73 Å². The van der Waals surface area contributed by atoms with Gasteiger partial charge in [-0.2, -0.15) is 0 Å². The van der Waals surface area contributed by atoms with Crippen LogP contribution in [-0.2, 0) is 4.74 Å². The maximum absolute atomic E-state index is 5.96. The van der Waals surface area contributed by atoms with Crippen LogP contribution in [0.25, 0.3) is 0 Å². The second kappa shape index (κ2) is 4.98. The van der Waals surface area contributed by atoms with Crippen molar-refractivity contribution in [1.82, 2.24) is 15.3 Å². The van der Waals surface area contributed by atoms with E-state index in [-0.39, 0.29) is 5.54 Å². The molecule has 2 fully saturated rings. The van der Waals surface area contributed by atoms with Crippen LogP contribution in [0, 0.1) is 0 Å². The number of rotatable bonds is 3. The number of likely N-dealkylation sites (tertiary alicyclic amines) is 1. The minimum atomic E-state index is 0.0610. The van der Waals surface area contributed by atoms with Crippen LogP contribution in [0.15, 0.2) is 0 Å². The predicted molar refractivity (Wildman–Crippen MR) is 64.0 cm³/mol. The summed E-state index contributed by atoms with van der Waals surface area (Å²) in [6.45, 7) is 7.54. The highest BCUT2D eigenvalue weighted by molar-refractivity contribution is 5.00. The topological polar surface area (TPSA) is 53.8 Å². The van der Waals surface area contributed by atoms with Crippen molar-refractivity contribution in [3.63, 3.8) is 0 Å². The summed E-state index contributed by atoms with van der Waals surface area (Å²) in [5.74, 6) is 0. The van der Waals surface area contributed by atoms with Gasteiger partial charge in [-0.15, -0.1) is 0 Å². The van der Waals surface area contributed by atoms with E-state index in [2.05, 4.69) is 29.3 Å². The molecule has 2 aliphatic rings. The van der Waals surface area contributed by atoms with Crippen molar-refractivity contribution < 1.29 is 4.74 Å². The molecular weight excluding hydrogens is 204 g/mol. The van der Waals surface area contributed by atoms with Gasteiger partial charge in [-0.1, -0.05) is 0 Å². The van der Waals surface area contributed by atoms with Gasteiger partial charge in [-0.05, 0) is 20.4 Å². The third-order valence-electron chi connectivity index (χ3n) is 3.79. The third kappa shape index (κ3) is 2.55. The molecule has 2 aliphatic heterocycles. The first kappa shape index (κ1) is 12.3. The molecule has 2 heterocycles. The van der Waals surface area contributed by atoms with Crippen LogP contribution >= 0.6 is 0 Å². The Morgan fingerprint density at radius 1 is 1.44 bits per heavy atom. The zero-order valence-corrected chi connectivity index (χ0v) is 10.4. The van der Waals surface area contributed by atoms with Gasteiger partial charge in [0, 0.05) is 32.2 Å². The summed E-state index contributed by atoms with van der Waals surface area (Å²) in [7, 11) is 2.17. The summed E-state index contributed by atoms with van der Waals surface area (Å²) < 4.78 is 5.35. The Bertz CT molecular complexity index is 220. The second-order valence-electron chi connectivity index (χ2n) is 5.16. The minimum absolute atomic E-state index is 0.0610. The molecule has 2 unspecified atom stereocenters. The summed E-state index contributed by atoms with van der Waals surface area (Å²) in [6, 6.07) is 0.608. The molecule has 0 aromatic carbocycles. The number of hydrazine groups is 1. The zero-order valence-electron chi connectivity index (χ0n) is 10.4. The lowest BCUT2D eigenvalue weighted by molar-refractivity contribution is -0.00996. The van der Waals surface area contributed by atoms with E-state index in [0.717, 1.165) is 39.3 Å². The molecule has 0 bridgehead atoms. The van der Waals surface area contributed by atoms with Gasteiger partial charge in [0.25, 0.3) is 0 Å². The number of nitrogens with two attached hydrogens (primary N) is 1. The summed E-state index contributed by atoms with van der Waals surface area (Å²) in [6.07, 6.45) is 1.12. The van der Waals surface area contributed by atoms with Gasteiger partial charge in [-0.3, -0.25) is 0 Å². The smallest absolute Gasteiger partial charge is 0.0608 e. The Morgan fingerprint density at radius 3 is 2.62 bits per heavy atom. The highest BCUT2D eigenvalue weighted by Crippen LogP contribution is 2.25. The second-order valence-corrected chi connectivity index (χ2v) is 5.16. The molecule has 5 heteroatoms. The van der Waals surface area contributed by atoms with Crippen molar-refractivity contribution in [2.75, 3.05) is 46.4 Å². The van der Waals surface area contributed by atoms with Crippen LogP contribution in [0.5, 0.6) is 0 Å². The molecule has 2 atom stereocenters. The molecule has 2 rings (SSSR count). The highest BCUT2D eigenvalue weighted by atomic mass is 16.5.